The monoisotopic (exact) mass is 460 g/mol. The molecule has 8 heavy (non-hydrogen) atoms. The Morgan fingerprint density at radius 3 is 1.50 bits per heavy atom. The van der Waals surface area contributed by atoms with Crippen molar-refractivity contribution in [2.75, 3.05) is 0 Å². The van der Waals surface area contributed by atoms with Gasteiger partial charge in [0.25, 0.3) is 0 Å². The second-order valence-corrected chi connectivity index (χ2v) is 11.8. The normalized spacial score (nSPS) is 9.88. The fourth-order valence-electron chi connectivity index (χ4n) is 0. The summed E-state index contributed by atoms with van der Waals surface area (Å²) in [6, 6.07) is 0. The van der Waals surface area contributed by atoms with Crippen molar-refractivity contribution in [2.24, 2.45) is 0 Å². The van der Waals surface area contributed by atoms with E-state index in [-0.39, 0.29) is 29.6 Å². The number of carbonyl (C=O) groups is 1. The molecular formula is C2I3NaO2. The smallest absolute Gasteiger partial charge is 0.547 e. The van der Waals surface area contributed by atoms with Gasteiger partial charge in [-0.3, -0.25) is 0 Å². The first-order valence-corrected chi connectivity index (χ1v) is 4.46. The van der Waals surface area contributed by atoms with Gasteiger partial charge in [0.2, 0.25) is 0 Å². The van der Waals surface area contributed by atoms with Crippen LogP contribution in [0.15, 0.2) is 0 Å². The Kier molecular flexibility index (Phi) is 8.83. The van der Waals surface area contributed by atoms with Crippen LogP contribution in [0.1, 0.15) is 0 Å². The number of rotatable bonds is 1. The van der Waals surface area contributed by atoms with Gasteiger partial charge in [0.15, 0.2) is -0.565 Å². The van der Waals surface area contributed by atoms with Crippen LogP contribution in [-0.2, 0) is 4.79 Å². The fraction of sp³-hybridized carbons (Fsp3) is 0.500. The third-order valence-corrected chi connectivity index (χ3v) is 1.55. The molecule has 0 atom stereocenters. The summed E-state index contributed by atoms with van der Waals surface area (Å²) in [6.45, 7) is 0. The quantitative estimate of drug-likeness (QED) is 0.251. The van der Waals surface area contributed by atoms with Gasteiger partial charge in [-0.1, -0.05) is 0 Å². The molecule has 0 N–H and O–H groups in total. The molecule has 0 aromatic rings. The Labute approximate surface area is 110 Å². The molecule has 0 heterocycles. The van der Waals surface area contributed by atoms with Crippen molar-refractivity contribution >= 4 is 73.7 Å². The Balaban J connectivity index is 0. The molecule has 0 unspecified atom stereocenters. The van der Waals surface area contributed by atoms with Gasteiger partial charge in [-0.25, -0.2) is 0 Å². The van der Waals surface area contributed by atoms with Crippen molar-refractivity contribution in [3.05, 3.63) is 0 Å². The van der Waals surface area contributed by atoms with Crippen molar-refractivity contribution in [2.45, 2.75) is -0.565 Å². The first-order chi connectivity index (χ1) is 2.94. The van der Waals surface area contributed by atoms with Crippen LogP contribution >= 0.6 is 67.8 Å². The van der Waals surface area contributed by atoms with Gasteiger partial charge >= 0.3 is 29.6 Å². The predicted octanol–water partition coefficient (Wildman–Crippen LogP) is -2.30. The van der Waals surface area contributed by atoms with E-state index in [1.807, 2.05) is 0 Å². The summed E-state index contributed by atoms with van der Waals surface area (Å²) in [5.41, 5.74) is 0. The van der Waals surface area contributed by atoms with Gasteiger partial charge in [0.1, 0.15) is 0 Å². The SMILES string of the molecule is O=C([O-])C(I)(I)I.[Na+]. The van der Waals surface area contributed by atoms with Crippen molar-refractivity contribution in [3.63, 3.8) is 0 Å². The van der Waals surface area contributed by atoms with E-state index in [1.165, 1.54) is 0 Å². The molecule has 0 rings (SSSR count). The summed E-state index contributed by atoms with van der Waals surface area (Å²) < 4.78 is -0.784. The van der Waals surface area contributed by atoms with Gasteiger partial charge in [0, 0.05) is 0 Å². The number of hydrogen-bond donors (Lipinski definition) is 0. The zero-order valence-corrected chi connectivity index (χ0v) is 12.4. The maximum absolute atomic E-state index is 9.89. The third-order valence-electron chi connectivity index (χ3n) is 0.231. The second kappa shape index (κ2) is 5.33. The minimum Gasteiger partial charge on any atom is -0.547 e. The van der Waals surface area contributed by atoms with Gasteiger partial charge in [0.05, 0.1) is 5.97 Å². The van der Waals surface area contributed by atoms with E-state index in [4.69, 9.17) is 0 Å². The van der Waals surface area contributed by atoms with Crippen LogP contribution in [0.2, 0.25) is 0 Å². The molecule has 0 aliphatic heterocycles. The summed E-state index contributed by atoms with van der Waals surface area (Å²) in [7, 11) is 0. The summed E-state index contributed by atoms with van der Waals surface area (Å²) in [5, 5.41) is 9.89. The number of alkyl halides is 3. The molecule has 0 saturated carbocycles. The Hall–Kier alpha value is 2.66. The summed E-state index contributed by atoms with van der Waals surface area (Å²) in [4.78, 5) is 9.89. The summed E-state index contributed by atoms with van der Waals surface area (Å²) >= 11 is 5.33. The van der Waals surface area contributed by atoms with Crippen LogP contribution in [-0.4, -0.2) is 5.40 Å². The number of hydrogen-bond acceptors (Lipinski definition) is 2. The molecule has 6 heteroatoms. The Morgan fingerprint density at radius 1 is 1.38 bits per heavy atom. The van der Waals surface area contributed by atoms with E-state index < -0.39 is 5.40 Å². The summed E-state index contributed by atoms with van der Waals surface area (Å²) in [6.07, 6.45) is 0. The van der Waals surface area contributed by atoms with E-state index in [0.717, 1.165) is 0 Å². The molecule has 0 radical (unpaired) electrons. The van der Waals surface area contributed by atoms with E-state index in [2.05, 4.69) is 0 Å². The molecular weight excluding hydrogens is 460 g/mol. The summed E-state index contributed by atoms with van der Waals surface area (Å²) in [5.74, 6) is -1.05. The van der Waals surface area contributed by atoms with Crippen LogP contribution in [0.4, 0.5) is 0 Å². The molecule has 0 aliphatic rings. The topological polar surface area (TPSA) is 40.1 Å². The minimum absolute atomic E-state index is 0. The molecule has 0 spiro atoms. The Morgan fingerprint density at radius 2 is 1.50 bits per heavy atom. The molecule has 0 amide bonds. The first kappa shape index (κ1) is 13.3. The number of carbonyl (C=O) groups excluding carboxylic acids is 1. The second-order valence-electron chi connectivity index (χ2n) is 0.785. The molecule has 42 valence electrons. The average molecular weight is 460 g/mol. The van der Waals surface area contributed by atoms with Gasteiger partial charge in [-0.2, -0.15) is 0 Å². The van der Waals surface area contributed by atoms with E-state index in [1.54, 1.807) is 67.8 Å². The van der Waals surface area contributed by atoms with Crippen molar-refractivity contribution in [1.82, 2.24) is 0 Å². The number of carboxylic acids is 1. The van der Waals surface area contributed by atoms with Crippen LogP contribution in [0.25, 0.3) is 0 Å². The van der Waals surface area contributed by atoms with Gasteiger partial charge in [-0.15, -0.1) is 0 Å². The number of halogens is 3. The molecule has 2 nitrogen and oxygen atoms in total. The fourth-order valence-corrected chi connectivity index (χ4v) is 0. The Bertz CT molecular complexity index is 87.8. The maximum Gasteiger partial charge on any atom is 1.00 e. The maximum atomic E-state index is 9.89. The molecule has 0 saturated heterocycles. The number of carboxylic acid groups (broad SMARTS) is 1. The van der Waals surface area contributed by atoms with E-state index in [9.17, 15) is 9.90 Å². The average Bonchev–Trinajstić information content (AvgIpc) is 1.31. The molecule has 0 fully saturated rings. The van der Waals surface area contributed by atoms with Crippen LogP contribution in [0.3, 0.4) is 0 Å². The molecule has 0 aromatic heterocycles. The van der Waals surface area contributed by atoms with Crippen LogP contribution < -0.4 is 34.7 Å². The van der Waals surface area contributed by atoms with E-state index in [0.29, 0.717) is 0 Å². The van der Waals surface area contributed by atoms with Crippen LogP contribution in [0, 0.1) is 0 Å². The number of aliphatic carboxylic acids is 1. The third kappa shape index (κ3) is 6.78. The molecule has 0 aromatic carbocycles. The minimum atomic E-state index is -1.05. The standard InChI is InChI=1S/C2HI3O2.Na/c3-2(4,5)1(6)7;/h(H,6,7);/q;+1/p-1. The molecule has 0 bridgehead atoms. The van der Waals surface area contributed by atoms with Crippen molar-refractivity contribution in [3.8, 4) is 0 Å². The predicted molar refractivity (Wildman–Crippen MR) is 49.8 cm³/mol. The molecule has 0 aliphatic carbocycles. The van der Waals surface area contributed by atoms with Gasteiger partial charge < -0.3 is 9.90 Å². The van der Waals surface area contributed by atoms with Crippen molar-refractivity contribution < 1.29 is 39.5 Å². The van der Waals surface area contributed by atoms with Gasteiger partial charge in [-0.05, 0) is 67.8 Å². The van der Waals surface area contributed by atoms with Crippen LogP contribution in [0.5, 0.6) is 0 Å². The largest absolute Gasteiger partial charge is 1.00 e. The van der Waals surface area contributed by atoms with E-state index >= 15 is 0 Å². The first-order valence-electron chi connectivity index (χ1n) is 1.23. The zero-order chi connectivity index (χ0) is 6.08. The zero-order valence-electron chi connectivity index (χ0n) is 3.95. The van der Waals surface area contributed by atoms with Crippen molar-refractivity contribution in [1.29, 1.82) is 0 Å².